The normalized spacial score (nSPS) is 15.4. The number of hydrogen-bond acceptors (Lipinski definition) is 3. The van der Waals surface area contributed by atoms with E-state index in [1.165, 1.54) is 11.1 Å². The first-order valence-electron chi connectivity index (χ1n) is 9.52. The van der Waals surface area contributed by atoms with Crippen LogP contribution in [0.4, 0.5) is 0 Å². The summed E-state index contributed by atoms with van der Waals surface area (Å²) in [6.45, 7) is 8.21. The molecule has 0 spiro atoms. The lowest BCUT2D eigenvalue weighted by Crippen LogP contribution is -2.48. The molecule has 27 heavy (non-hydrogen) atoms. The first kappa shape index (κ1) is 17.7. The Balaban J connectivity index is 1.40. The maximum Gasteiger partial charge on any atom is 0.253 e. The summed E-state index contributed by atoms with van der Waals surface area (Å²) in [5, 5.41) is 0. The van der Waals surface area contributed by atoms with E-state index in [1.807, 2.05) is 35.2 Å². The fourth-order valence-electron chi connectivity index (χ4n) is 3.70. The van der Waals surface area contributed by atoms with Crippen LogP contribution >= 0.6 is 0 Å². The maximum atomic E-state index is 12.8. The molecule has 1 amide bonds. The molecule has 4 rings (SSSR count). The van der Waals surface area contributed by atoms with Crippen molar-refractivity contribution in [3.8, 4) is 0 Å². The Labute approximate surface area is 160 Å². The minimum atomic E-state index is 0.139. The van der Waals surface area contributed by atoms with Crippen LogP contribution in [0.25, 0.3) is 11.0 Å². The molecule has 1 aliphatic rings. The van der Waals surface area contributed by atoms with Crippen molar-refractivity contribution in [3.63, 3.8) is 0 Å². The number of carbonyl (C=O) groups is 1. The first-order chi connectivity index (χ1) is 13.0. The van der Waals surface area contributed by atoms with E-state index in [1.54, 1.807) is 0 Å². The van der Waals surface area contributed by atoms with Crippen LogP contribution in [0, 0.1) is 13.8 Å². The molecule has 0 saturated carbocycles. The second-order valence-corrected chi connectivity index (χ2v) is 7.44. The van der Waals surface area contributed by atoms with E-state index in [2.05, 4.69) is 42.5 Å². The number of rotatable bonds is 3. The average molecular weight is 362 g/mol. The van der Waals surface area contributed by atoms with Crippen LogP contribution in [0.5, 0.6) is 0 Å². The third-order valence-electron chi connectivity index (χ3n) is 5.66. The van der Waals surface area contributed by atoms with Crippen LogP contribution in [0.2, 0.25) is 0 Å². The number of para-hydroxylation sites is 2. The minimum Gasteiger partial charge on any atom is -0.336 e. The van der Waals surface area contributed by atoms with Crippen molar-refractivity contribution in [2.75, 3.05) is 26.2 Å². The molecule has 1 aliphatic heterocycles. The third kappa shape index (κ3) is 3.47. The van der Waals surface area contributed by atoms with Crippen LogP contribution in [0.1, 0.15) is 27.3 Å². The molecular weight excluding hydrogens is 336 g/mol. The number of piperazine rings is 1. The van der Waals surface area contributed by atoms with Crippen molar-refractivity contribution >= 4 is 16.9 Å². The molecule has 140 valence electrons. The number of aromatic nitrogens is 2. The molecule has 1 saturated heterocycles. The van der Waals surface area contributed by atoms with E-state index >= 15 is 0 Å². The Morgan fingerprint density at radius 1 is 1.00 bits per heavy atom. The van der Waals surface area contributed by atoms with Gasteiger partial charge in [0.1, 0.15) is 5.82 Å². The molecule has 0 radical (unpaired) electrons. The van der Waals surface area contributed by atoms with Crippen molar-refractivity contribution in [2.45, 2.75) is 20.4 Å². The summed E-state index contributed by atoms with van der Waals surface area (Å²) in [5.74, 6) is 1.21. The lowest BCUT2D eigenvalue weighted by Gasteiger charge is -2.34. The van der Waals surface area contributed by atoms with E-state index < -0.39 is 0 Å². The maximum absolute atomic E-state index is 12.8. The Morgan fingerprint density at radius 3 is 2.44 bits per heavy atom. The van der Waals surface area contributed by atoms with Gasteiger partial charge in [0.15, 0.2) is 0 Å². The molecular formula is C22H26N4O. The number of nitrogens with zero attached hydrogens (tertiary/aromatic N) is 4. The monoisotopic (exact) mass is 362 g/mol. The van der Waals surface area contributed by atoms with Crippen molar-refractivity contribution < 1.29 is 4.79 Å². The third-order valence-corrected chi connectivity index (χ3v) is 5.66. The summed E-state index contributed by atoms with van der Waals surface area (Å²) in [7, 11) is 2.07. The number of carbonyl (C=O) groups excluding carboxylic acids is 1. The van der Waals surface area contributed by atoms with Crippen molar-refractivity contribution in [3.05, 3.63) is 65.0 Å². The molecule has 0 aliphatic carbocycles. The molecule has 2 heterocycles. The second kappa shape index (κ2) is 7.16. The molecule has 0 N–H and O–H groups in total. The van der Waals surface area contributed by atoms with E-state index in [4.69, 9.17) is 4.98 Å². The fraction of sp³-hybridized carbons (Fsp3) is 0.364. The molecule has 0 bridgehead atoms. The highest BCUT2D eigenvalue weighted by Gasteiger charge is 2.23. The van der Waals surface area contributed by atoms with Crippen LogP contribution in [-0.2, 0) is 13.6 Å². The predicted molar refractivity (Wildman–Crippen MR) is 108 cm³/mol. The van der Waals surface area contributed by atoms with Gasteiger partial charge in [-0.15, -0.1) is 0 Å². The summed E-state index contributed by atoms with van der Waals surface area (Å²) in [6, 6.07) is 14.2. The SMILES string of the molecule is Cc1ccc(C(=O)N2CCN(Cc3nc4ccccc4n3C)CC2)cc1C. The molecule has 5 heteroatoms. The Bertz CT molecular complexity index is 983. The first-order valence-corrected chi connectivity index (χ1v) is 9.52. The predicted octanol–water partition coefficient (Wildman–Crippen LogP) is 3.15. The van der Waals surface area contributed by atoms with E-state index in [-0.39, 0.29) is 5.91 Å². The highest BCUT2D eigenvalue weighted by atomic mass is 16.2. The molecule has 2 aromatic carbocycles. The van der Waals surface area contributed by atoms with E-state index in [0.717, 1.165) is 55.1 Å². The van der Waals surface area contributed by atoms with Gasteiger partial charge in [0.25, 0.3) is 5.91 Å². The van der Waals surface area contributed by atoms with Gasteiger partial charge in [-0.25, -0.2) is 4.98 Å². The summed E-state index contributed by atoms with van der Waals surface area (Å²) in [5.41, 5.74) is 5.39. The van der Waals surface area contributed by atoms with Crippen molar-refractivity contribution in [1.82, 2.24) is 19.4 Å². The zero-order chi connectivity index (χ0) is 19.0. The molecule has 5 nitrogen and oxygen atoms in total. The zero-order valence-corrected chi connectivity index (χ0v) is 16.3. The molecule has 3 aromatic rings. The standard InChI is InChI=1S/C22H26N4O/c1-16-8-9-18(14-17(16)2)22(27)26-12-10-25(11-13-26)15-21-23-19-6-4-5-7-20(19)24(21)3/h4-9,14H,10-13,15H2,1-3H3. The molecule has 0 atom stereocenters. The summed E-state index contributed by atoms with van der Waals surface area (Å²) in [4.78, 5) is 21.9. The summed E-state index contributed by atoms with van der Waals surface area (Å²) < 4.78 is 2.17. The fourth-order valence-corrected chi connectivity index (χ4v) is 3.70. The van der Waals surface area contributed by atoms with E-state index in [9.17, 15) is 4.79 Å². The van der Waals surface area contributed by atoms with Gasteiger partial charge >= 0.3 is 0 Å². The van der Waals surface area contributed by atoms with Crippen LogP contribution in [0.3, 0.4) is 0 Å². The smallest absolute Gasteiger partial charge is 0.253 e. The van der Waals surface area contributed by atoms with Crippen LogP contribution < -0.4 is 0 Å². The minimum absolute atomic E-state index is 0.139. The van der Waals surface area contributed by atoms with Crippen molar-refractivity contribution in [1.29, 1.82) is 0 Å². The van der Waals surface area contributed by atoms with Gasteiger partial charge in [-0.1, -0.05) is 18.2 Å². The molecule has 1 fully saturated rings. The van der Waals surface area contributed by atoms with Crippen LogP contribution in [0.15, 0.2) is 42.5 Å². The lowest BCUT2D eigenvalue weighted by atomic mass is 10.1. The number of hydrogen-bond donors (Lipinski definition) is 0. The highest BCUT2D eigenvalue weighted by molar-refractivity contribution is 5.94. The van der Waals surface area contributed by atoms with Gasteiger partial charge in [-0.2, -0.15) is 0 Å². The number of imidazole rings is 1. The van der Waals surface area contributed by atoms with Crippen molar-refractivity contribution in [2.24, 2.45) is 7.05 Å². The largest absolute Gasteiger partial charge is 0.336 e. The molecule has 1 aromatic heterocycles. The lowest BCUT2D eigenvalue weighted by molar-refractivity contribution is 0.0624. The van der Waals surface area contributed by atoms with Crippen LogP contribution in [-0.4, -0.2) is 51.4 Å². The van der Waals surface area contributed by atoms with Gasteiger partial charge in [-0.05, 0) is 49.2 Å². The number of aryl methyl sites for hydroxylation is 3. The average Bonchev–Trinajstić information content (AvgIpc) is 3.00. The number of amides is 1. The second-order valence-electron chi connectivity index (χ2n) is 7.44. The number of fused-ring (bicyclic) bond motifs is 1. The Morgan fingerprint density at radius 2 is 1.74 bits per heavy atom. The van der Waals surface area contributed by atoms with E-state index in [0.29, 0.717) is 0 Å². The molecule has 0 unspecified atom stereocenters. The topological polar surface area (TPSA) is 41.4 Å². The summed E-state index contributed by atoms with van der Waals surface area (Å²) >= 11 is 0. The van der Waals surface area contributed by atoms with Gasteiger partial charge in [0, 0.05) is 38.8 Å². The van der Waals surface area contributed by atoms with Gasteiger partial charge in [0.2, 0.25) is 0 Å². The zero-order valence-electron chi connectivity index (χ0n) is 16.3. The Hall–Kier alpha value is -2.66. The van der Waals surface area contributed by atoms with Gasteiger partial charge in [-0.3, -0.25) is 9.69 Å². The quantitative estimate of drug-likeness (QED) is 0.719. The van der Waals surface area contributed by atoms with Gasteiger partial charge < -0.3 is 9.47 Å². The Kier molecular flexibility index (Phi) is 4.70. The van der Waals surface area contributed by atoms with Gasteiger partial charge in [0.05, 0.1) is 17.6 Å². The number of benzene rings is 2. The summed E-state index contributed by atoms with van der Waals surface area (Å²) in [6.07, 6.45) is 0. The highest BCUT2D eigenvalue weighted by Crippen LogP contribution is 2.17.